The molecule has 0 radical (unpaired) electrons. The highest BCUT2D eigenvalue weighted by Gasteiger charge is 2.27. The van der Waals surface area contributed by atoms with E-state index in [2.05, 4.69) is 26.6 Å². The first-order chi connectivity index (χ1) is 31.8. The van der Waals surface area contributed by atoms with Gasteiger partial charge in [0.05, 0.1) is 33.0 Å². The molecule has 0 saturated carbocycles. The van der Waals surface area contributed by atoms with Gasteiger partial charge >= 0.3 is 11.9 Å². The summed E-state index contributed by atoms with van der Waals surface area (Å²) < 4.78 is 21.6. The highest BCUT2D eigenvalue weighted by atomic mass is 32.2. The average Bonchev–Trinajstić information content (AvgIpc) is 3.27. The number of hydrogen-bond donors (Lipinski definition) is 8. The van der Waals surface area contributed by atoms with E-state index in [1.54, 1.807) is 13.8 Å². The standard InChI is InChI=1S/C45H82N6O14S/c1-35(2)43(45(60)61)51-40(55)17-8-4-3-5-12-30-66-31-13-6-9-16-38(53)48-22-14-24-62-26-28-64-29-27-63-25-15-23-50-42(57)34-65-33-37(52)36(44(58)59)18-19-39(54)47-20-10-7-11-21-49-41(56)32-46/h35-36,43H,3-34,46H2,1-2H3,(H,47,54)(H,48,53)(H,49,56)(H,50,57)(H,51,55)(H,58,59)(H,60,61). The molecule has 9 N–H and O–H groups in total. The minimum atomic E-state index is -1.43. The Balaban J connectivity index is 3.58. The smallest absolute Gasteiger partial charge is 0.326 e. The highest BCUT2D eigenvalue weighted by molar-refractivity contribution is 7.99. The third-order valence-electron chi connectivity index (χ3n) is 9.96. The molecule has 0 spiro atoms. The topological polar surface area (TPSA) is 300 Å². The van der Waals surface area contributed by atoms with Crippen LogP contribution in [-0.4, -0.2) is 161 Å². The second-order valence-electron chi connectivity index (χ2n) is 16.2. The SMILES string of the molecule is CC(C)C(NC(=O)CCCCCCCSCCCCCC(=O)NCCCOCCOCCOCCCNC(=O)COCC(=O)C(CCC(=O)NCCCCCNC(=O)CN)C(=O)O)C(=O)O. The van der Waals surface area contributed by atoms with E-state index in [1.165, 1.54) is 0 Å². The zero-order valence-electron chi connectivity index (χ0n) is 39.6. The summed E-state index contributed by atoms with van der Waals surface area (Å²) in [6.07, 6.45) is 12.0. The molecule has 0 aliphatic rings. The van der Waals surface area contributed by atoms with E-state index in [0.717, 1.165) is 75.7 Å². The van der Waals surface area contributed by atoms with Gasteiger partial charge in [-0.1, -0.05) is 39.5 Å². The monoisotopic (exact) mass is 963 g/mol. The molecular weight excluding hydrogens is 881 g/mol. The van der Waals surface area contributed by atoms with Crippen molar-refractivity contribution in [3.05, 3.63) is 0 Å². The van der Waals surface area contributed by atoms with Crippen molar-refractivity contribution in [2.45, 2.75) is 129 Å². The number of thioether (sulfide) groups is 1. The Kier molecular flexibility index (Phi) is 41.1. The molecule has 0 saturated heterocycles. The fraction of sp³-hybridized carbons (Fsp3) is 0.822. The van der Waals surface area contributed by atoms with E-state index in [4.69, 9.17) is 24.7 Å². The average molecular weight is 963 g/mol. The van der Waals surface area contributed by atoms with Gasteiger partial charge in [0.15, 0.2) is 5.78 Å². The molecule has 0 fully saturated rings. The molecule has 0 aliphatic heterocycles. The lowest BCUT2D eigenvalue weighted by atomic mass is 9.98. The van der Waals surface area contributed by atoms with Crippen LogP contribution in [-0.2, 0) is 57.3 Å². The lowest BCUT2D eigenvalue weighted by Gasteiger charge is -2.17. The summed E-state index contributed by atoms with van der Waals surface area (Å²) in [7, 11) is 0. The first-order valence-corrected chi connectivity index (χ1v) is 24.9. The molecule has 0 aromatic carbocycles. The summed E-state index contributed by atoms with van der Waals surface area (Å²) in [5, 5.41) is 32.1. The maximum absolute atomic E-state index is 12.4. The number of carboxylic acid groups (broad SMARTS) is 2. The summed E-state index contributed by atoms with van der Waals surface area (Å²) in [6.45, 7) is 6.78. The maximum atomic E-state index is 12.4. The van der Waals surface area contributed by atoms with Crippen molar-refractivity contribution in [1.29, 1.82) is 0 Å². The molecule has 21 heteroatoms. The van der Waals surface area contributed by atoms with Crippen molar-refractivity contribution in [2.75, 3.05) is 97.1 Å². The first-order valence-electron chi connectivity index (χ1n) is 23.7. The number of ether oxygens (including phenoxy) is 4. The van der Waals surface area contributed by atoms with E-state index in [9.17, 15) is 48.6 Å². The van der Waals surface area contributed by atoms with E-state index < -0.39 is 48.8 Å². The largest absolute Gasteiger partial charge is 0.481 e. The van der Waals surface area contributed by atoms with Crippen LogP contribution in [0.15, 0.2) is 0 Å². The number of ketones is 1. The summed E-state index contributed by atoms with van der Waals surface area (Å²) in [6, 6.07) is -0.833. The van der Waals surface area contributed by atoms with Gasteiger partial charge in [0.1, 0.15) is 25.2 Å². The zero-order chi connectivity index (χ0) is 49.0. The predicted octanol–water partition coefficient (Wildman–Crippen LogP) is 2.34. The Hall–Kier alpha value is -3.89. The Morgan fingerprint density at radius 3 is 1.48 bits per heavy atom. The summed E-state index contributed by atoms with van der Waals surface area (Å²) in [5.41, 5.74) is 5.21. The lowest BCUT2D eigenvalue weighted by molar-refractivity contribution is -0.148. The summed E-state index contributed by atoms with van der Waals surface area (Å²) in [4.78, 5) is 94.4. The van der Waals surface area contributed by atoms with Gasteiger partial charge in [-0.3, -0.25) is 33.6 Å². The molecule has 0 rings (SSSR count). The molecule has 0 aliphatic carbocycles. The second-order valence-corrected chi connectivity index (χ2v) is 17.4. The fourth-order valence-corrected chi connectivity index (χ4v) is 7.14. The van der Waals surface area contributed by atoms with Gasteiger partial charge in [-0.2, -0.15) is 11.8 Å². The van der Waals surface area contributed by atoms with Crippen LogP contribution < -0.4 is 32.3 Å². The van der Waals surface area contributed by atoms with Crippen molar-refractivity contribution < 1.29 is 67.5 Å². The predicted molar refractivity (Wildman–Crippen MR) is 251 cm³/mol. The third-order valence-corrected chi connectivity index (χ3v) is 11.1. The second kappa shape index (κ2) is 43.7. The van der Waals surface area contributed by atoms with Crippen LogP contribution in [0.2, 0.25) is 0 Å². The molecule has 382 valence electrons. The van der Waals surface area contributed by atoms with Gasteiger partial charge in [0.25, 0.3) is 0 Å². The lowest BCUT2D eigenvalue weighted by Crippen LogP contribution is -2.44. The Bertz CT molecular complexity index is 1360. The van der Waals surface area contributed by atoms with Crippen LogP contribution in [0.4, 0.5) is 0 Å². The van der Waals surface area contributed by atoms with E-state index in [1.807, 2.05) is 11.8 Å². The molecule has 0 bridgehead atoms. The number of hydrogen-bond acceptors (Lipinski definition) is 14. The molecule has 0 aromatic rings. The van der Waals surface area contributed by atoms with Crippen molar-refractivity contribution in [2.24, 2.45) is 17.6 Å². The summed E-state index contributed by atoms with van der Waals surface area (Å²) in [5.74, 6) is -3.67. The Labute approximate surface area is 395 Å². The highest BCUT2D eigenvalue weighted by Crippen LogP contribution is 2.13. The molecular formula is C45H82N6O14S. The fourth-order valence-electron chi connectivity index (χ4n) is 6.12. The number of carbonyl (C=O) groups excluding carboxylic acids is 6. The molecule has 5 amide bonds. The number of carbonyl (C=O) groups is 8. The molecule has 20 nitrogen and oxygen atoms in total. The van der Waals surface area contributed by atoms with Crippen molar-refractivity contribution in [3.8, 4) is 0 Å². The van der Waals surface area contributed by atoms with Gasteiger partial charge in [0.2, 0.25) is 29.5 Å². The van der Waals surface area contributed by atoms with Crippen LogP contribution in [0.5, 0.6) is 0 Å². The van der Waals surface area contributed by atoms with Gasteiger partial charge in [0, 0.05) is 58.7 Å². The van der Waals surface area contributed by atoms with Crippen LogP contribution in [0, 0.1) is 11.8 Å². The number of rotatable bonds is 47. The van der Waals surface area contributed by atoms with Crippen LogP contribution in [0.25, 0.3) is 0 Å². The van der Waals surface area contributed by atoms with Crippen LogP contribution in [0.3, 0.4) is 0 Å². The minimum absolute atomic E-state index is 0.0589. The zero-order valence-corrected chi connectivity index (χ0v) is 40.5. The van der Waals surface area contributed by atoms with E-state index >= 15 is 0 Å². The minimum Gasteiger partial charge on any atom is -0.481 e. The van der Waals surface area contributed by atoms with E-state index in [0.29, 0.717) is 97.9 Å². The van der Waals surface area contributed by atoms with Crippen molar-refractivity contribution >= 4 is 59.0 Å². The van der Waals surface area contributed by atoms with Crippen molar-refractivity contribution in [1.82, 2.24) is 26.6 Å². The Morgan fingerprint density at radius 2 is 0.939 bits per heavy atom. The quantitative estimate of drug-likeness (QED) is 0.0321. The normalized spacial score (nSPS) is 12.0. The number of Topliss-reactive ketones (excluding diaryl/α,β-unsaturated/α-hetero) is 1. The third kappa shape index (κ3) is 39.3. The van der Waals surface area contributed by atoms with Gasteiger partial charge < -0.3 is 61.5 Å². The number of unbranched alkanes of at least 4 members (excludes halogenated alkanes) is 8. The number of nitrogens with one attached hydrogen (secondary N) is 5. The van der Waals surface area contributed by atoms with E-state index in [-0.39, 0.29) is 48.9 Å². The number of aliphatic carboxylic acids is 2. The van der Waals surface area contributed by atoms with Gasteiger partial charge in [-0.25, -0.2) is 4.79 Å². The molecule has 2 atom stereocenters. The van der Waals surface area contributed by atoms with Gasteiger partial charge in [-0.05, 0) is 81.6 Å². The van der Waals surface area contributed by atoms with Gasteiger partial charge in [-0.15, -0.1) is 0 Å². The molecule has 66 heavy (non-hydrogen) atoms. The maximum Gasteiger partial charge on any atom is 0.326 e. The number of amides is 5. The van der Waals surface area contributed by atoms with Crippen LogP contribution in [0.1, 0.15) is 123 Å². The van der Waals surface area contributed by atoms with Crippen LogP contribution >= 0.6 is 11.8 Å². The molecule has 0 heterocycles. The number of nitrogens with two attached hydrogens (primary N) is 1. The molecule has 2 unspecified atom stereocenters. The summed E-state index contributed by atoms with van der Waals surface area (Å²) >= 11 is 1.94. The Morgan fingerprint density at radius 1 is 0.485 bits per heavy atom. The number of carboxylic acids is 2. The molecule has 0 aromatic heterocycles. The van der Waals surface area contributed by atoms with Crippen molar-refractivity contribution in [3.63, 3.8) is 0 Å². The first kappa shape index (κ1) is 62.1.